The molecule has 1 atom stereocenters. The summed E-state index contributed by atoms with van der Waals surface area (Å²) in [7, 11) is -3.63. The Hall–Kier alpha value is -2.44. The van der Waals surface area contributed by atoms with Crippen molar-refractivity contribution >= 4 is 27.1 Å². The molecule has 0 saturated carbocycles. The van der Waals surface area contributed by atoms with Gasteiger partial charge in [0, 0.05) is 17.0 Å². The average Bonchev–Trinajstić information content (AvgIpc) is 3.16. The zero-order chi connectivity index (χ0) is 19.4. The second-order valence-corrected chi connectivity index (χ2v) is 9.55. The van der Waals surface area contributed by atoms with E-state index in [2.05, 4.69) is 5.32 Å². The molecule has 140 valence electrons. The highest BCUT2D eigenvalue weighted by molar-refractivity contribution is 7.91. The van der Waals surface area contributed by atoms with Crippen LogP contribution in [0.15, 0.2) is 70.9 Å². The zero-order valence-corrected chi connectivity index (χ0v) is 16.8. The van der Waals surface area contributed by atoms with Crippen LogP contribution in [0.1, 0.15) is 31.6 Å². The van der Waals surface area contributed by atoms with Gasteiger partial charge in [-0.15, -0.1) is 11.3 Å². The van der Waals surface area contributed by atoms with Gasteiger partial charge < -0.3 is 5.32 Å². The number of rotatable bonds is 6. The van der Waals surface area contributed by atoms with E-state index in [4.69, 9.17) is 0 Å². The zero-order valence-electron chi connectivity index (χ0n) is 15.2. The second kappa shape index (κ2) is 8.06. The van der Waals surface area contributed by atoms with Crippen molar-refractivity contribution in [3.8, 4) is 0 Å². The van der Waals surface area contributed by atoms with E-state index in [1.54, 1.807) is 42.5 Å². The molecule has 0 spiro atoms. The molecule has 0 aliphatic rings. The molecule has 0 bridgehead atoms. The number of carbonyl (C=O) groups is 1. The van der Waals surface area contributed by atoms with Crippen LogP contribution >= 0.6 is 11.3 Å². The molecule has 1 heterocycles. The van der Waals surface area contributed by atoms with Crippen LogP contribution in [0.4, 0.5) is 0 Å². The number of sulfone groups is 1. The minimum Gasteiger partial charge on any atom is -0.350 e. The standard InChI is InChI=1S/C21H21NO3S2/c1-15-5-9-17(10-6-15)21(23)22-14-20(19-4-3-13-26-19)27(24,25)18-11-7-16(2)8-12-18/h3-13,20H,14H2,1-2H3,(H,22,23). The van der Waals surface area contributed by atoms with E-state index in [1.165, 1.54) is 11.3 Å². The lowest BCUT2D eigenvalue weighted by Gasteiger charge is -2.17. The van der Waals surface area contributed by atoms with Gasteiger partial charge in [0.15, 0.2) is 9.84 Å². The van der Waals surface area contributed by atoms with Gasteiger partial charge in [0.1, 0.15) is 5.25 Å². The lowest BCUT2D eigenvalue weighted by Crippen LogP contribution is -2.31. The van der Waals surface area contributed by atoms with E-state index >= 15 is 0 Å². The predicted octanol–water partition coefficient (Wildman–Crippen LogP) is 4.31. The Balaban J connectivity index is 1.85. The molecule has 6 heteroatoms. The number of hydrogen-bond donors (Lipinski definition) is 1. The average molecular weight is 400 g/mol. The minimum absolute atomic E-state index is 0.0173. The topological polar surface area (TPSA) is 63.2 Å². The molecule has 4 nitrogen and oxygen atoms in total. The van der Waals surface area contributed by atoms with E-state index in [1.807, 2.05) is 37.4 Å². The summed E-state index contributed by atoms with van der Waals surface area (Å²) in [6, 6.07) is 17.6. The fourth-order valence-corrected chi connectivity index (χ4v) is 5.51. The van der Waals surface area contributed by atoms with Crippen LogP contribution in [0.25, 0.3) is 0 Å². The van der Waals surface area contributed by atoms with Crippen LogP contribution in [-0.4, -0.2) is 20.9 Å². The maximum absolute atomic E-state index is 13.2. The van der Waals surface area contributed by atoms with E-state index in [-0.39, 0.29) is 17.3 Å². The maximum atomic E-state index is 13.2. The number of carbonyl (C=O) groups excluding carboxylic acids is 1. The number of benzene rings is 2. The predicted molar refractivity (Wildman–Crippen MR) is 109 cm³/mol. The first-order valence-corrected chi connectivity index (χ1v) is 11.0. The molecular weight excluding hydrogens is 378 g/mol. The largest absolute Gasteiger partial charge is 0.350 e. The molecule has 3 aromatic rings. The minimum atomic E-state index is -3.63. The first-order valence-electron chi connectivity index (χ1n) is 8.57. The third-order valence-electron chi connectivity index (χ3n) is 4.35. The van der Waals surface area contributed by atoms with Gasteiger partial charge in [0.05, 0.1) is 4.90 Å². The van der Waals surface area contributed by atoms with Crippen molar-refractivity contribution in [2.45, 2.75) is 24.0 Å². The fraction of sp³-hybridized carbons (Fsp3) is 0.190. The highest BCUT2D eigenvalue weighted by Crippen LogP contribution is 2.31. The van der Waals surface area contributed by atoms with Crippen LogP contribution in [0, 0.1) is 13.8 Å². The Morgan fingerprint density at radius 3 is 2.11 bits per heavy atom. The van der Waals surface area contributed by atoms with E-state index in [9.17, 15) is 13.2 Å². The highest BCUT2D eigenvalue weighted by Gasteiger charge is 2.30. The number of hydrogen-bond acceptors (Lipinski definition) is 4. The molecule has 27 heavy (non-hydrogen) atoms. The summed E-state index contributed by atoms with van der Waals surface area (Å²) in [6.45, 7) is 3.88. The Bertz CT molecular complexity index is 1010. The highest BCUT2D eigenvalue weighted by atomic mass is 32.2. The molecular formula is C21H21NO3S2. The summed E-state index contributed by atoms with van der Waals surface area (Å²) in [6.07, 6.45) is 0. The van der Waals surface area contributed by atoms with E-state index in [0.717, 1.165) is 11.1 Å². The van der Waals surface area contributed by atoms with Gasteiger partial charge in [-0.25, -0.2) is 8.42 Å². The molecule has 0 aliphatic heterocycles. The summed E-state index contributed by atoms with van der Waals surface area (Å²) in [5, 5.41) is 3.80. The Morgan fingerprint density at radius 2 is 1.56 bits per heavy atom. The van der Waals surface area contributed by atoms with Crippen molar-refractivity contribution in [2.24, 2.45) is 0 Å². The molecule has 1 aromatic heterocycles. The summed E-state index contributed by atoms with van der Waals surface area (Å²) >= 11 is 1.37. The van der Waals surface area contributed by atoms with Crippen LogP contribution in [0.3, 0.4) is 0 Å². The lowest BCUT2D eigenvalue weighted by molar-refractivity contribution is 0.0953. The normalized spacial score (nSPS) is 12.5. The maximum Gasteiger partial charge on any atom is 0.251 e. The second-order valence-electron chi connectivity index (χ2n) is 6.44. The smallest absolute Gasteiger partial charge is 0.251 e. The Kier molecular flexibility index (Phi) is 5.77. The molecule has 1 amide bonds. The van der Waals surface area contributed by atoms with Crippen molar-refractivity contribution in [1.82, 2.24) is 5.32 Å². The van der Waals surface area contributed by atoms with Gasteiger partial charge in [-0.1, -0.05) is 41.5 Å². The molecule has 0 aliphatic carbocycles. The van der Waals surface area contributed by atoms with Crippen LogP contribution in [-0.2, 0) is 9.84 Å². The van der Waals surface area contributed by atoms with Gasteiger partial charge in [-0.2, -0.15) is 0 Å². The number of aryl methyl sites for hydroxylation is 2. The fourth-order valence-electron chi connectivity index (χ4n) is 2.72. The van der Waals surface area contributed by atoms with Crippen LogP contribution in [0.5, 0.6) is 0 Å². The SMILES string of the molecule is Cc1ccc(C(=O)NCC(c2cccs2)S(=O)(=O)c2ccc(C)cc2)cc1. The van der Waals surface area contributed by atoms with Gasteiger partial charge in [-0.3, -0.25) is 4.79 Å². The van der Waals surface area contributed by atoms with Gasteiger partial charge in [0.25, 0.3) is 5.91 Å². The molecule has 1 unspecified atom stereocenters. The summed E-state index contributed by atoms with van der Waals surface area (Å²) in [5.74, 6) is -0.282. The number of thiophene rings is 1. The van der Waals surface area contributed by atoms with Crippen molar-refractivity contribution in [3.05, 3.63) is 87.6 Å². The summed E-state index contributed by atoms with van der Waals surface area (Å²) in [4.78, 5) is 13.4. The Labute approximate surface area is 163 Å². The van der Waals surface area contributed by atoms with Crippen molar-refractivity contribution in [2.75, 3.05) is 6.54 Å². The van der Waals surface area contributed by atoms with Crippen molar-refractivity contribution in [1.29, 1.82) is 0 Å². The molecule has 1 N–H and O–H groups in total. The monoisotopic (exact) mass is 399 g/mol. The van der Waals surface area contributed by atoms with E-state index < -0.39 is 15.1 Å². The third kappa shape index (κ3) is 4.46. The van der Waals surface area contributed by atoms with Crippen LogP contribution in [0.2, 0.25) is 0 Å². The first-order chi connectivity index (χ1) is 12.9. The molecule has 0 fully saturated rings. The number of nitrogens with one attached hydrogen (secondary N) is 1. The van der Waals surface area contributed by atoms with Gasteiger partial charge >= 0.3 is 0 Å². The Morgan fingerprint density at radius 1 is 0.963 bits per heavy atom. The molecule has 0 radical (unpaired) electrons. The molecule has 0 saturated heterocycles. The van der Waals surface area contributed by atoms with Crippen molar-refractivity contribution in [3.63, 3.8) is 0 Å². The lowest BCUT2D eigenvalue weighted by atomic mass is 10.1. The van der Waals surface area contributed by atoms with Crippen molar-refractivity contribution < 1.29 is 13.2 Å². The summed E-state index contributed by atoms with van der Waals surface area (Å²) in [5.41, 5.74) is 2.57. The van der Waals surface area contributed by atoms with E-state index in [0.29, 0.717) is 10.4 Å². The molecule has 2 aromatic carbocycles. The molecule has 3 rings (SSSR count). The van der Waals surface area contributed by atoms with Crippen LogP contribution < -0.4 is 5.32 Å². The van der Waals surface area contributed by atoms with Gasteiger partial charge in [-0.05, 0) is 49.6 Å². The van der Waals surface area contributed by atoms with Gasteiger partial charge in [0.2, 0.25) is 0 Å². The third-order valence-corrected chi connectivity index (χ3v) is 7.58. The summed E-state index contributed by atoms with van der Waals surface area (Å²) < 4.78 is 26.4. The quantitative estimate of drug-likeness (QED) is 0.672. The first kappa shape index (κ1) is 19.3. The number of amides is 1.